The number of hydrogen-bond acceptors (Lipinski definition) is 3. The summed E-state index contributed by atoms with van der Waals surface area (Å²) < 4.78 is 22.6. The molecule has 0 aromatic rings. The Hall–Kier alpha value is -0.160. The Morgan fingerprint density at radius 1 is 1.62 bits per heavy atom. The van der Waals surface area contributed by atoms with Crippen LogP contribution >= 0.6 is 12.2 Å². The minimum Gasteiger partial charge on any atom is -0.278 e. The lowest BCUT2D eigenvalue weighted by molar-refractivity contribution is 0.599. The quantitative estimate of drug-likeness (QED) is 0.534. The van der Waals surface area contributed by atoms with E-state index in [0.717, 1.165) is 6.26 Å². The lowest BCUT2D eigenvalue weighted by atomic mass is 10.8. The second-order valence-electron chi connectivity index (χ2n) is 1.43. The van der Waals surface area contributed by atoms with Gasteiger partial charge in [0.2, 0.25) is 10.0 Å². The van der Waals surface area contributed by atoms with E-state index in [0.29, 0.717) is 0 Å². The normalized spacial score (nSPS) is 10.8. The van der Waals surface area contributed by atoms with E-state index < -0.39 is 10.0 Å². The molecule has 0 aromatic heterocycles. The minimum atomic E-state index is -3.11. The third-order valence-electron chi connectivity index (χ3n) is 0.329. The van der Waals surface area contributed by atoms with Gasteiger partial charge in [0.1, 0.15) is 0 Å². The number of sulfonamides is 1. The highest BCUT2D eigenvalue weighted by atomic mass is 32.2. The Morgan fingerprint density at radius 3 is 2.00 bits per heavy atom. The summed E-state index contributed by atoms with van der Waals surface area (Å²) in [5, 5.41) is 0. The van der Waals surface area contributed by atoms with Crippen LogP contribution in [-0.4, -0.2) is 19.7 Å². The van der Waals surface area contributed by atoms with Gasteiger partial charge in [-0.25, -0.2) is 8.42 Å². The van der Waals surface area contributed by atoms with Crippen LogP contribution in [0.5, 0.6) is 0 Å². The van der Waals surface area contributed by atoms with Gasteiger partial charge in [-0.05, 0) is 6.92 Å². The second kappa shape index (κ2) is 2.41. The highest BCUT2D eigenvalue weighted by Crippen LogP contribution is 1.74. The Kier molecular flexibility index (Phi) is 2.36. The summed E-state index contributed by atoms with van der Waals surface area (Å²) in [4.78, 5) is 0.271. The monoisotopic (exact) mass is 153 g/mol. The zero-order chi connectivity index (χ0) is 6.78. The first-order chi connectivity index (χ1) is 3.42. The average Bonchev–Trinajstić information content (AvgIpc) is 1.21. The van der Waals surface area contributed by atoms with Crippen molar-refractivity contribution in [3.63, 3.8) is 0 Å². The molecule has 0 fully saturated rings. The molecule has 0 atom stereocenters. The molecule has 3 nitrogen and oxygen atoms in total. The molecule has 0 spiro atoms. The Balaban J connectivity index is 3.95. The van der Waals surface area contributed by atoms with Crippen molar-refractivity contribution >= 4 is 27.2 Å². The maximum atomic E-state index is 10.2. The summed E-state index contributed by atoms with van der Waals surface area (Å²) >= 11 is 4.45. The largest absolute Gasteiger partial charge is 0.278 e. The van der Waals surface area contributed by atoms with Gasteiger partial charge >= 0.3 is 0 Å². The standard InChI is InChI=1S/C3H7NO2S2/c1-3(7)4-8(2,5)6/h1-2H3,(H,4,7). The van der Waals surface area contributed by atoms with E-state index in [4.69, 9.17) is 0 Å². The Bertz CT molecular complexity index is 181. The molecule has 0 amide bonds. The molecule has 1 N–H and O–H groups in total. The van der Waals surface area contributed by atoms with Gasteiger partial charge in [-0.2, -0.15) is 0 Å². The molecule has 5 heteroatoms. The van der Waals surface area contributed by atoms with Crippen molar-refractivity contribution in [2.24, 2.45) is 0 Å². The first-order valence-corrected chi connectivity index (χ1v) is 4.20. The topological polar surface area (TPSA) is 46.2 Å². The number of rotatable bonds is 1. The molecule has 0 bridgehead atoms. The SMILES string of the molecule is CC(=S)NS(C)(=O)=O. The van der Waals surface area contributed by atoms with Crippen molar-refractivity contribution < 1.29 is 8.42 Å². The molecule has 0 aliphatic rings. The summed E-state index contributed by atoms with van der Waals surface area (Å²) in [5.41, 5.74) is 0. The fourth-order valence-corrected chi connectivity index (χ4v) is 1.24. The van der Waals surface area contributed by atoms with Gasteiger partial charge in [0.05, 0.1) is 11.2 Å². The maximum absolute atomic E-state index is 10.2. The lowest BCUT2D eigenvalue weighted by Crippen LogP contribution is -2.25. The van der Waals surface area contributed by atoms with Crippen LogP contribution in [0, 0.1) is 0 Å². The lowest BCUT2D eigenvalue weighted by Gasteiger charge is -1.96. The minimum absolute atomic E-state index is 0.271. The molecule has 0 rings (SSSR count). The van der Waals surface area contributed by atoms with Crippen LogP contribution in [0.1, 0.15) is 6.92 Å². The predicted molar refractivity (Wildman–Crippen MR) is 36.3 cm³/mol. The summed E-state index contributed by atoms with van der Waals surface area (Å²) in [5.74, 6) is 0. The third-order valence-corrected chi connectivity index (χ3v) is 1.24. The maximum Gasteiger partial charge on any atom is 0.230 e. The number of thiocarbonyl (C=S) groups is 1. The van der Waals surface area contributed by atoms with E-state index >= 15 is 0 Å². The van der Waals surface area contributed by atoms with Gasteiger partial charge in [0, 0.05) is 0 Å². The van der Waals surface area contributed by atoms with Crippen LogP contribution in [0.3, 0.4) is 0 Å². The Labute approximate surface area is 54.1 Å². The third kappa shape index (κ3) is 5.84. The summed E-state index contributed by atoms with van der Waals surface area (Å²) in [6, 6.07) is 0. The zero-order valence-electron chi connectivity index (χ0n) is 4.63. The van der Waals surface area contributed by atoms with Crippen molar-refractivity contribution in [1.29, 1.82) is 0 Å². The highest BCUT2D eigenvalue weighted by Gasteiger charge is 1.96. The van der Waals surface area contributed by atoms with Crippen molar-refractivity contribution in [3.05, 3.63) is 0 Å². The van der Waals surface area contributed by atoms with Crippen molar-refractivity contribution in [1.82, 2.24) is 4.72 Å². The van der Waals surface area contributed by atoms with E-state index in [1.165, 1.54) is 6.92 Å². The molecule has 8 heavy (non-hydrogen) atoms. The average molecular weight is 153 g/mol. The van der Waals surface area contributed by atoms with Gasteiger partial charge in [0.25, 0.3) is 0 Å². The predicted octanol–water partition coefficient (Wildman–Crippen LogP) is -0.117. The zero-order valence-corrected chi connectivity index (χ0v) is 6.27. The van der Waals surface area contributed by atoms with Crippen LogP contribution in [-0.2, 0) is 10.0 Å². The van der Waals surface area contributed by atoms with E-state index in [-0.39, 0.29) is 4.99 Å². The first kappa shape index (κ1) is 7.84. The van der Waals surface area contributed by atoms with Crippen molar-refractivity contribution in [3.8, 4) is 0 Å². The Morgan fingerprint density at radius 2 is 2.00 bits per heavy atom. The van der Waals surface area contributed by atoms with Crippen LogP contribution in [0.2, 0.25) is 0 Å². The van der Waals surface area contributed by atoms with Crippen LogP contribution in [0.15, 0.2) is 0 Å². The molecule has 0 unspecified atom stereocenters. The van der Waals surface area contributed by atoms with E-state index in [1.54, 1.807) is 0 Å². The first-order valence-electron chi connectivity index (χ1n) is 1.90. The summed E-state index contributed by atoms with van der Waals surface area (Å²) in [6.07, 6.45) is 1.06. The molecular weight excluding hydrogens is 146 g/mol. The molecule has 0 aliphatic carbocycles. The molecule has 0 saturated carbocycles. The fourth-order valence-electron chi connectivity index (χ4n) is 0.261. The van der Waals surface area contributed by atoms with Crippen molar-refractivity contribution in [2.45, 2.75) is 6.92 Å². The van der Waals surface area contributed by atoms with Crippen LogP contribution in [0.25, 0.3) is 0 Å². The molecule has 0 heterocycles. The van der Waals surface area contributed by atoms with Crippen LogP contribution in [0.4, 0.5) is 0 Å². The molecule has 0 aliphatic heterocycles. The molecule has 0 radical (unpaired) electrons. The van der Waals surface area contributed by atoms with Gasteiger partial charge in [-0.15, -0.1) is 0 Å². The smallest absolute Gasteiger partial charge is 0.230 e. The fraction of sp³-hybridized carbons (Fsp3) is 0.667. The molecular formula is C3H7NO2S2. The summed E-state index contributed by atoms with van der Waals surface area (Å²) in [6.45, 7) is 1.51. The summed E-state index contributed by atoms with van der Waals surface area (Å²) in [7, 11) is -3.11. The number of nitrogens with one attached hydrogen (secondary N) is 1. The van der Waals surface area contributed by atoms with Gasteiger partial charge in [-0.1, -0.05) is 12.2 Å². The van der Waals surface area contributed by atoms with E-state index in [2.05, 4.69) is 16.9 Å². The van der Waals surface area contributed by atoms with Gasteiger partial charge < -0.3 is 0 Å². The van der Waals surface area contributed by atoms with E-state index in [1.807, 2.05) is 0 Å². The van der Waals surface area contributed by atoms with Crippen LogP contribution < -0.4 is 4.72 Å². The van der Waals surface area contributed by atoms with E-state index in [9.17, 15) is 8.42 Å². The van der Waals surface area contributed by atoms with Gasteiger partial charge in [-0.3, -0.25) is 4.72 Å². The number of hydrogen-bond donors (Lipinski definition) is 1. The molecule has 0 saturated heterocycles. The molecule has 48 valence electrons. The van der Waals surface area contributed by atoms with Gasteiger partial charge in [0.15, 0.2) is 0 Å². The highest BCUT2D eigenvalue weighted by molar-refractivity contribution is 7.91. The molecule has 0 aromatic carbocycles. The second-order valence-corrected chi connectivity index (χ2v) is 3.79. The van der Waals surface area contributed by atoms with Crippen molar-refractivity contribution in [2.75, 3.05) is 6.26 Å².